The number of aromatic nitrogens is 4. The average molecular weight is 2090 g/mol. The molecule has 2 amide bonds. The summed E-state index contributed by atoms with van der Waals surface area (Å²) in [7, 11) is -1.65. The molecule has 0 spiro atoms. The van der Waals surface area contributed by atoms with Crippen LogP contribution in [0, 0.1) is 69.0 Å². The van der Waals surface area contributed by atoms with E-state index in [0.717, 1.165) is 81.9 Å². The lowest BCUT2D eigenvalue weighted by atomic mass is 9.77. The van der Waals surface area contributed by atoms with E-state index in [9.17, 15) is 51.6 Å². The first-order valence-corrected chi connectivity index (χ1v) is 53.0. The van der Waals surface area contributed by atoms with E-state index < -0.39 is 103 Å². The molecule has 0 radical (unpaired) electrons. The highest BCUT2D eigenvalue weighted by atomic mass is 79.9. The van der Waals surface area contributed by atoms with Crippen molar-refractivity contribution in [1.29, 1.82) is 0 Å². The average Bonchev–Trinajstić information content (AvgIpc) is 1.57. The van der Waals surface area contributed by atoms with E-state index in [0.29, 0.717) is 146 Å². The molecule has 17 rings (SSSR count). The number of hydrogen-bond acceptors (Lipinski definition) is 30. The van der Waals surface area contributed by atoms with Gasteiger partial charge >= 0.3 is 23.9 Å². The van der Waals surface area contributed by atoms with Gasteiger partial charge in [0.2, 0.25) is 11.8 Å². The van der Waals surface area contributed by atoms with Crippen LogP contribution in [0.4, 0.5) is 10.3 Å². The van der Waals surface area contributed by atoms with E-state index in [2.05, 4.69) is 73.3 Å². The predicted molar refractivity (Wildman–Crippen MR) is 540 cm³/mol. The molecule has 0 bridgehead atoms. The zero-order chi connectivity index (χ0) is 99.5. The molecule has 10 aliphatic rings. The molecular weight excluding hydrogens is 1960 g/mol. The van der Waals surface area contributed by atoms with Crippen molar-refractivity contribution in [3.63, 3.8) is 0 Å². The second-order valence-electron chi connectivity index (χ2n) is 41.4. The normalized spacial score (nSPS) is 25.5. The van der Waals surface area contributed by atoms with Gasteiger partial charge in [-0.3, -0.25) is 57.1 Å². The Morgan fingerprint density at radius 2 is 1.04 bits per heavy atom. The Balaban J connectivity index is 0.000000178. The third-order valence-corrected chi connectivity index (χ3v) is 32.8. The van der Waals surface area contributed by atoms with Crippen molar-refractivity contribution < 1.29 is 93.6 Å². The molecule has 4 aliphatic heterocycles. The quantitative estimate of drug-likeness (QED) is 0.0141. The number of aromatic amines is 1. The molecule has 8 heterocycles. The molecule has 16 atom stereocenters. The van der Waals surface area contributed by atoms with Crippen molar-refractivity contribution in [2.75, 3.05) is 117 Å². The summed E-state index contributed by atoms with van der Waals surface area (Å²) in [5, 5.41) is 13.9. The summed E-state index contributed by atoms with van der Waals surface area (Å²) >= 11 is 20.0. The molecule has 7 aromatic rings. The fourth-order valence-electron chi connectivity index (χ4n) is 20.4. The van der Waals surface area contributed by atoms with Crippen molar-refractivity contribution in [3.8, 4) is 40.0 Å². The number of allylic oxidation sites excluding steroid dienone is 2. The van der Waals surface area contributed by atoms with Crippen molar-refractivity contribution >= 4 is 151 Å². The summed E-state index contributed by atoms with van der Waals surface area (Å²) in [4.78, 5) is 148. The van der Waals surface area contributed by atoms with Crippen LogP contribution in [0.2, 0.25) is 10.0 Å². The number of ketones is 2. The van der Waals surface area contributed by atoms with Crippen molar-refractivity contribution in [3.05, 3.63) is 121 Å². The van der Waals surface area contributed by atoms with Crippen LogP contribution in [0.15, 0.2) is 111 Å². The van der Waals surface area contributed by atoms with Crippen LogP contribution in [-0.2, 0) is 81.1 Å². The first-order valence-electron chi connectivity index (χ1n) is 48.3. The number of halogens is 3. The number of nitrogens with one attached hydrogen (secondary N) is 3. The smallest absolute Gasteiger partial charge is 0.312 e. The Kier molecular flexibility index (Phi) is 34.4. The molecule has 4 unspecified atom stereocenters. The number of rotatable bonds is 37. The molecule has 140 heavy (non-hydrogen) atoms. The van der Waals surface area contributed by atoms with E-state index in [1.54, 1.807) is 47.4 Å². The lowest BCUT2D eigenvalue weighted by Gasteiger charge is -2.35. The number of fused-ring (bicyclic) bond motifs is 4. The highest BCUT2D eigenvalue weighted by molar-refractivity contribution is 9.10. The molecule has 37 heteroatoms. The highest BCUT2D eigenvalue weighted by Crippen LogP contribution is 2.60. The third kappa shape index (κ3) is 25.5. The minimum atomic E-state index is -4.23. The summed E-state index contributed by atoms with van der Waals surface area (Å²) < 4.78 is 84.4. The largest absolute Gasteiger partial charge is 0.491 e. The van der Waals surface area contributed by atoms with E-state index in [-0.39, 0.29) is 117 Å². The van der Waals surface area contributed by atoms with Crippen LogP contribution < -0.4 is 30.3 Å². The van der Waals surface area contributed by atoms with Gasteiger partial charge in [-0.1, -0.05) is 100 Å². The minimum absolute atomic E-state index is 0. The van der Waals surface area contributed by atoms with Gasteiger partial charge in [-0.25, -0.2) is 15.0 Å². The van der Waals surface area contributed by atoms with Gasteiger partial charge in [0, 0.05) is 122 Å². The number of amides is 2. The fraction of sp³-hybridized carbons (Fsp3) is 0.592. The number of carbonyl (C=O) groups is 8. The van der Waals surface area contributed by atoms with Gasteiger partial charge in [0.05, 0.1) is 134 Å². The number of morpholine rings is 2. The molecule has 10 fully saturated rings. The SMILES string of the molecule is C.C=C[C@@H]1CC1(CC(=O)[C@@H]1C[C@@H](OS(=O)(=O)c2ccc(Br)cc2)CN1C(=O)[C@@H](CC(=O)OC1C[C@@H]2C[C@@H]2C1)C(C)(C)C)C(=O)OC.C=C[C@@H]1CC1(CC(=O)[C@@H]1C[C@@H](Oc2cc(-c3csc(NC(C)C)n3)nc3c(Cl)c(OCCN4CCOCC4)ccc23)CN1C(=O)[C@@H](CC(=O)OC1C[C@@H]2C[C@@H]2C1)C(C)(C)C)C(=O)OC.CC(C)Nc1nc(-c2cc(=O)c3ccc(OCCN4CCOCC4)c(Cl)c3[nH]2)cs1. The Hall–Kier alpha value is -9.01. The van der Waals surface area contributed by atoms with Crippen LogP contribution in [0.1, 0.15) is 167 Å². The third-order valence-electron chi connectivity index (χ3n) is 28.6. The number of Topliss-reactive ketones (excluding diaryl/α,β-unsaturated/α-hetero) is 2. The molecule has 6 saturated carbocycles. The number of anilines is 2. The summed E-state index contributed by atoms with van der Waals surface area (Å²) in [5.74, 6) is -1.39. The number of likely N-dealkylation sites (tertiary alicyclic amines) is 2. The summed E-state index contributed by atoms with van der Waals surface area (Å²) in [5.41, 5.74) is -0.0383. The van der Waals surface area contributed by atoms with Crippen LogP contribution >= 0.6 is 61.8 Å². The van der Waals surface area contributed by atoms with Crippen molar-refractivity contribution in [2.45, 2.75) is 220 Å². The molecule has 4 aromatic heterocycles. The van der Waals surface area contributed by atoms with E-state index >= 15 is 0 Å². The summed E-state index contributed by atoms with van der Waals surface area (Å²) in [6.07, 6.45) is 7.53. The van der Waals surface area contributed by atoms with E-state index in [1.807, 2.05) is 84.3 Å². The number of benzene rings is 3. The first-order chi connectivity index (χ1) is 66.1. The topological polar surface area (TPSA) is 372 Å². The zero-order valence-electron chi connectivity index (χ0n) is 81.1. The molecule has 6 aliphatic carbocycles. The number of hydrogen-bond donors (Lipinski definition) is 3. The number of H-pyrrole nitrogens is 1. The van der Waals surface area contributed by atoms with Gasteiger partial charge in [-0.15, -0.1) is 35.8 Å². The molecule has 31 nitrogen and oxygen atoms in total. The van der Waals surface area contributed by atoms with Gasteiger partial charge < -0.3 is 68.0 Å². The lowest BCUT2D eigenvalue weighted by Crippen LogP contribution is -2.48. The number of ether oxygens (including phenoxy) is 9. The van der Waals surface area contributed by atoms with Gasteiger partial charge in [-0.05, 0) is 174 Å². The number of nitrogens with zero attached hydrogens (tertiary/aromatic N) is 7. The van der Waals surface area contributed by atoms with Crippen LogP contribution in [-0.4, -0.2) is 250 Å². The number of pyridine rings is 2. The Morgan fingerprint density at radius 3 is 1.49 bits per heavy atom. The Labute approximate surface area is 845 Å². The number of esters is 4. The van der Waals surface area contributed by atoms with Crippen molar-refractivity contribution in [1.82, 2.24) is 39.5 Å². The highest BCUT2D eigenvalue weighted by Gasteiger charge is 2.64. The molecule has 3 aromatic carbocycles. The maximum atomic E-state index is 15.0. The number of methoxy groups -OCH3 is 2. The molecular formula is C103H133BrCl2N10O21S3. The summed E-state index contributed by atoms with van der Waals surface area (Å²) in [6, 6.07) is 15.0. The van der Waals surface area contributed by atoms with Crippen LogP contribution in [0.25, 0.3) is 44.6 Å². The Morgan fingerprint density at radius 1 is 0.586 bits per heavy atom. The molecule has 4 saturated heterocycles. The zero-order valence-corrected chi connectivity index (χ0v) is 86.6. The minimum Gasteiger partial charge on any atom is -0.491 e. The second kappa shape index (κ2) is 45.1. The standard InChI is InChI=1S/C48H62ClN5O9S.C33H42BrNO9S.C21H25ClN4O3S.CH4/c1-8-30-23-48(30,45(58)59-7)24-38(55)37-20-32(25-54(37)44(57)34(47(4,5)6)21-41(56)63-31-18-28-17-29(28)19-31)62-40-22-35(36-26-64-46(52-36)50-27(2)3)51-43-33(40)9-10-39(42(43)49)61-16-13-53-11-14-60-15-12-53;1-6-21-16-33(21,31(39)42-5)17-28(36)27-14-24(44-45(40,41)25-9-7-22(34)8-10-25)18-35(27)30(38)26(32(2,3)4)15-29(37)43-23-12-19-11-20(19)13-23;1-13(2)23-21-25-16(12-30-21)15-11-17(27)14-3-4-18(19(22)20(14)24-15)29-10-7-26-5-8-28-9-6-26;/h8-10,22,26-32,34,37H,1,11-21,23-25H2,2-7H3,(H,50,52);6-10,19-21,23-24,26-27H,1,11-18H2,2-5H3;3-4,11-13H,5-10H2,1-2H3,(H,23,25)(H,24,27);1H4/t28-,29+,30-,31?,32-,34-,37+,48?;19-,20+,21-,23?,24-,26-,27+,33?;;/m11../s1. The maximum Gasteiger partial charge on any atom is 0.312 e. The fourth-order valence-corrected chi connectivity index (χ4v) is 23.9. The van der Waals surface area contributed by atoms with E-state index in [1.165, 1.54) is 66.8 Å². The lowest BCUT2D eigenvalue weighted by molar-refractivity contribution is -0.157. The molecule has 760 valence electrons. The van der Waals surface area contributed by atoms with Crippen molar-refractivity contribution in [2.24, 2.45) is 69.0 Å². The van der Waals surface area contributed by atoms with Gasteiger partial charge in [-0.2, -0.15) is 8.42 Å². The predicted octanol–water partition coefficient (Wildman–Crippen LogP) is 16.9. The molecule has 3 N–H and O–H groups in total. The Bertz CT molecular complexity index is 5880. The number of thiazole rings is 2. The van der Waals surface area contributed by atoms with Gasteiger partial charge in [0.25, 0.3) is 10.1 Å². The monoisotopic (exact) mass is 2090 g/mol. The maximum absolute atomic E-state index is 15.0. The first kappa shape index (κ1) is 107. The van der Waals surface area contributed by atoms with Crippen LogP contribution in [0.5, 0.6) is 17.2 Å². The van der Waals surface area contributed by atoms with Gasteiger partial charge in [0.15, 0.2) is 27.3 Å². The van der Waals surface area contributed by atoms with Crippen LogP contribution in [0.3, 0.4) is 0 Å². The second-order valence-corrected chi connectivity index (χ2v) is 46.3. The summed E-state index contributed by atoms with van der Waals surface area (Å²) in [6.45, 7) is 35.9. The number of carbonyl (C=O) groups excluding carboxylic acids is 8. The van der Waals surface area contributed by atoms with Gasteiger partial charge in [0.1, 0.15) is 64.5 Å². The van der Waals surface area contributed by atoms with E-state index in [4.69, 9.17) is 80.0 Å².